The van der Waals surface area contributed by atoms with Crippen LogP contribution in [-0.2, 0) is 6.54 Å². The van der Waals surface area contributed by atoms with Crippen molar-refractivity contribution in [2.24, 2.45) is 5.73 Å². The smallest absolute Gasteiger partial charge is 0.262 e. The number of nitrogens with zero attached hydrogens (tertiary/aromatic N) is 2. The molecule has 1 aliphatic rings. The van der Waals surface area contributed by atoms with Crippen molar-refractivity contribution in [2.45, 2.75) is 44.3 Å². The zero-order chi connectivity index (χ0) is 28.2. The van der Waals surface area contributed by atoms with Crippen molar-refractivity contribution < 1.29 is 9.59 Å². The Hall–Kier alpha value is -3.70. The summed E-state index contributed by atoms with van der Waals surface area (Å²) in [6, 6.07) is 13.5. The van der Waals surface area contributed by atoms with Crippen LogP contribution in [0, 0.1) is 0 Å². The van der Waals surface area contributed by atoms with E-state index in [2.05, 4.69) is 30.9 Å². The maximum atomic E-state index is 13.0. The molecule has 1 fully saturated rings. The minimum Gasteiger partial charge on any atom is -0.351 e. The van der Waals surface area contributed by atoms with E-state index in [1.54, 1.807) is 30.5 Å². The molecule has 0 unspecified atom stereocenters. The van der Waals surface area contributed by atoms with Gasteiger partial charge in [0, 0.05) is 40.8 Å². The van der Waals surface area contributed by atoms with Crippen molar-refractivity contribution >= 4 is 70.1 Å². The lowest BCUT2D eigenvalue weighted by Crippen LogP contribution is -2.33. The van der Waals surface area contributed by atoms with Gasteiger partial charge in [-0.1, -0.05) is 35.3 Å². The summed E-state index contributed by atoms with van der Waals surface area (Å²) in [4.78, 5) is 50.0. The van der Waals surface area contributed by atoms with Gasteiger partial charge in [-0.3, -0.25) is 14.4 Å². The number of hydrogen-bond donors (Lipinski definition) is 5. The minimum atomic E-state index is -0.692. The topological polar surface area (TPSA) is 155 Å². The molecule has 6 N–H and O–H groups in total. The van der Waals surface area contributed by atoms with E-state index >= 15 is 0 Å². The van der Waals surface area contributed by atoms with Crippen molar-refractivity contribution in [1.29, 1.82) is 0 Å². The maximum absolute atomic E-state index is 13.0. The van der Waals surface area contributed by atoms with Crippen molar-refractivity contribution in [2.75, 3.05) is 10.6 Å². The molecular weight excluding hydrogens is 589 g/mol. The molecule has 2 aromatic carbocycles. The molecule has 1 aliphatic carbocycles. The normalized spacial score (nSPS) is 16.5. The number of hydrogen-bond acceptors (Lipinski definition) is 7. The SMILES string of the molecule is Cl.NC1CCC(Nc2ncc3cc(C(=O)Nc4cc(C(=O)NCc5cccc(Cl)c5)ccc4Cl)c(=O)[nH]c3n2)CC1. The molecule has 0 aliphatic heterocycles. The summed E-state index contributed by atoms with van der Waals surface area (Å²) in [5, 5.41) is 9.99. The van der Waals surface area contributed by atoms with Gasteiger partial charge in [-0.25, -0.2) is 4.98 Å². The Morgan fingerprint density at radius 3 is 2.56 bits per heavy atom. The lowest BCUT2D eigenvalue weighted by Gasteiger charge is -2.26. The van der Waals surface area contributed by atoms with Crippen LogP contribution in [0.1, 0.15) is 52.0 Å². The number of halogens is 3. The van der Waals surface area contributed by atoms with Crippen molar-refractivity contribution in [3.63, 3.8) is 0 Å². The Morgan fingerprint density at radius 1 is 1.02 bits per heavy atom. The monoisotopic (exact) mass is 615 g/mol. The van der Waals surface area contributed by atoms with E-state index in [0.717, 1.165) is 31.2 Å². The second-order valence-corrected chi connectivity index (χ2v) is 10.6. The molecule has 0 saturated heterocycles. The van der Waals surface area contributed by atoms with E-state index < -0.39 is 11.5 Å². The molecule has 0 radical (unpaired) electrons. The van der Waals surface area contributed by atoms with Gasteiger partial charge in [-0.05, 0) is 67.6 Å². The first-order valence-corrected chi connectivity index (χ1v) is 13.6. The number of aromatic nitrogens is 3. The predicted octanol–water partition coefficient (Wildman–Crippen LogP) is 4.91. The molecular formula is C28H28Cl3N7O3. The van der Waals surface area contributed by atoms with E-state index in [1.165, 1.54) is 18.2 Å². The summed E-state index contributed by atoms with van der Waals surface area (Å²) in [5.41, 5.74) is 6.82. The van der Waals surface area contributed by atoms with E-state index in [0.29, 0.717) is 22.0 Å². The maximum Gasteiger partial charge on any atom is 0.262 e. The third-order valence-corrected chi connectivity index (χ3v) is 7.33. The molecule has 5 rings (SSSR count). The molecule has 214 valence electrons. The van der Waals surface area contributed by atoms with Gasteiger partial charge >= 0.3 is 0 Å². The first-order valence-electron chi connectivity index (χ1n) is 12.8. The molecule has 2 heterocycles. The molecule has 4 aromatic rings. The van der Waals surface area contributed by atoms with Crippen LogP contribution >= 0.6 is 35.6 Å². The quantitative estimate of drug-likeness (QED) is 0.198. The van der Waals surface area contributed by atoms with Crippen LogP contribution in [0.2, 0.25) is 10.0 Å². The number of carbonyl (C=O) groups is 2. The summed E-state index contributed by atoms with van der Waals surface area (Å²) < 4.78 is 0. The van der Waals surface area contributed by atoms with Crippen LogP contribution in [-0.4, -0.2) is 38.8 Å². The number of carbonyl (C=O) groups excluding carboxylic acids is 2. The Labute approximate surface area is 251 Å². The summed E-state index contributed by atoms with van der Waals surface area (Å²) in [6.45, 7) is 0.268. The summed E-state index contributed by atoms with van der Waals surface area (Å²) in [6.07, 6.45) is 5.25. The van der Waals surface area contributed by atoms with Gasteiger partial charge in [0.1, 0.15) is 11.2 Å². The Morgan fingerprint density at radius 2 is 1.80 bits per heavy atom. The first kappa shape index (κ1) is 30.3. The highest BCUT2D eigenvalue weighted by molar-refractivity contribution is 6.34. The van der Waals surface area contributed by atoms with Crippen LogP contribution in [0.4, 0.5) is 11.6 Å². The molecule has 41 heavy (non-hydrogen) atoms. The number of pyridine rings is 1. The lowest BCUT2D eigenvalue weighted by atomic mass is 9.92. The molecule has 0 spiro atoms. The highest BCUT2D eigenvalue weighted by Crippen LogP contribution is 2.24. The van der Waals surface area contributed by atoms with Crippen LogP contribution in [0.3, 0.4) is 0 Å². The predicted molar refractivity (Wildman–Crippen MR) is 163 cm³/mol. The fourth-order valence-electron chi connectivity index (χ4n) is 4.56. The zero-order valence-electron chi connectivity index (χ0n) is 21.7. The van der Waals surface area contributed by atoms with Gasteiger partial charge in [0.25, 0.3) is 17.4 Å². The van der Waals surface area contributed by atoms with Crippen molar-refractivity contribution in [3.05, 3.63) is 91.8 Å². The van der Waals surface area contributed by atoms with E-state index in [9.17, 15) is 14.4 Å². The number of fused-ring (bicyclic) bond motifs is 1. The van der Waals surface area contributed by atoms with Crippen LogP contribution in [0.25, 0.3) is 11.0 Å². The summed E-state index contributed by atoms with van der Waals surface area (Å²) in [7, 11) is 0. The van der Waals surface area contributed by atoms with Gasteiger partial charge in [0.2, 0.25) is 5.95 Å². The molecule has 10 nitrogen and oxygen atoms in total. The highest BCUT2D eigenvalue weighted by atomic mass is 35.5. The second kappa shape index (κ2) is 13.3. The lowest BCUT2D eigenvalue weighted by molar-refractivity contribution is 0.0949. The number of H-pyrrole nitrogens is 1. The van der Waals surface area contributed by atoms with Gasteiger partial charge in [-0.15, -0.1) is 12.4 Å². The number of rotatable bonds is 7. The van der Waals surface area contributed by atoms with Crippen molar-refractivity contribution in [1.82, 2.24) is 20.3 Å². The van der Waals surface area contributed by atoms with E-state index in [1.807, 2.05) is 6.07 Å². The van der Waals surface area contributed by atoms with Gasteiger partial charge in [0.05, 0.1) is 10.7 Å². The fourth-order valence-corrected chi connectivity index (χ4v) is 4.94. The fraction of sp³-hybridized carbons (Fsp3) is 0.250. The molecule has 1 saturated carbocycles. The Kier molecular flexibility index (Phi) is 9.82. The molecule has 2 amide bonds. The van der Waals surface area contributed by atoms with Crippen LogP contribution < -0.4 is 27.2 Å². The van der Waals surface area contributed by atoms with Crippen molar-refractivity contribution in [3.8, 4) is 0 Å². The highest BCUT2D eigenvalue weighted by Gasteiger charge is 2.20. The molecule has 0 bridgehead atoms. The number of aromatic amines is 1. The van der Waals surface area contributed by atoms with E-state index in [4.69, 9.17) is 28.9 Å². The largest absolute Gasteiger partial charge is 0.351 e. The number of amides is 2. The second-order valence-electron chi connectivity index (χ2n) is 9.73. The standard InChI is InChI=1S/C28H27Cl2N7O3.ClH/c29-18-3-1-2-15(10-18)13-32-25(38)16-4-9-22(30)23(12-16)35-26(39)21-11-17-14-33-28(37-24(17)36-27(21)40)34-20-7-5-19(31)6-8-20;/h1-4,9-12,14,19-20H,5-8,13,31H2,(H,32,38)(H,35,39)(H2,33,34,36,37,40);1H. The Bertz CT molecular complexity index is 1640. The third-order valence-electron chi connectivity index (χ3n) is 6.76. The average molecular weight is 617 g/mol. The number of nitrogens with one attached hydrogen (secondary N) is 4. The molecule has 2 aromatic heterocycles. The van der Waals surface area contributed by atoms with Gasteiger partial charge in [0.15, 0.2) is 0 Å². The summed E-state index contributed by atoms with van der Waals surface area (Å²) in [5.74, 6) is -0.659. The summed E-state index contributed by atoms with van der Waals surface area (Å²) >= 11 is 12.3. The average Bonchev–Trinajstić information content (AvgIpc) is 2.93. The van der Waals surface area contributed by atoms with E-state index in [-0.39, 0.29) is 58.8 Å². The number of anilines is 2. The number of benzene rings is 2. The molecule has 0 atom stereocenters. The first-order chi connectivity index (χ1) is 19.2. The minimum absolute atomic E-state index is 0. The third kappa shape index (κ3) is 7.53. The van der Waals surface area contributed by atoms with Gasteiger partial charge < -0.3 is 26.7 Å². The number of nitrogens with two attached hydrogens (primary N) is 1. The zero-order valence-corrected chi connectivity index (χ0v) is 24.1. The van der Waals surface area contributed by atoms with Crippen LogP contribution in [0.15, 0.2) is 59.5 Å². The van der Waals surface area contributed by atoms with Gasteiger partial charge in [-0.2, -0.15) is 4.98 Å². The Balaban J connectivity index is 0.00000387. The van der Waals surface area contributed by atoms with Crippen LogP contribution in [0.5, 0.6) is 0 Å². The molecule has 13 heteroatoms.